The highest BCUT2D eigenvalue weighted by molar-refractivity contribution is 9.10. The van der Waals surface area contributed by atoms with E-state index in [1.165, 1.54) is 11.1 Å². The standard InChI is InChI=1S/C15H13BrN2O/c16-13-6-3-7-17-14(13)18-15(19)12-8-10-4-1-2-5-11(10)9-12/h1-7,12H,8-9H2,(H,17,18,19). The number of nitrogens with one attached hydrogen (secondary N) is 1. The summed E-state index contributed by atoms with van der Waals surface area (Å²) in [6.07, 6.45) is 3.29. The molecule has 1 aliphatic rings. The molecule has 3 rings (SSSR count). The fourth-order valence-electron chi connectivity index (χ4n) is 2.44. The lowest BCUT2D eigenvalue weighted by atomic mass is 10.1. The zero-order chi connectivity index (χ0) is 13.2. The van der Waals surface area contributed by atoms with Gasteiger partial charge in [-0.05, 0) is 52.0 Å². The number of aromatic nitrogens is 1. The second kappa shape index (κ2) is 5.13. The van der Waals surface area contributed by atoms with Gasteiger partial charge in [-0.25, -0.2) is 4.98 Å². The first-order chi connectivity index (χ1) is 9.24. The molecule has 4 heteroatoms. The van der Waals surface area contributed by atoms with Crippen molar-refractivity contribution in [3.63, 3.8) is 0 Å². The average molecular weight is 317 g/mol. The van der Waals surface area contributed by atoms with Crippen molar-refractivity contribution in [2.75, 3.05) is 5.32 Å². The maximum Gasteiger partial charge on any atom is 0.229 e. The Balaban J connectivity index is 1.72. The molecule has 0 fully saturated rings. The molecule has 1 aromatic carbocycles. The fraction of sp³-hybridized carbons (Fsp3) is 0.200. The molecule has 0 saturated carbocycles. The molecule has 0 saturated heterocycles. The fourth-order valence-corrected chi connectivity index (χ4v) is 2.79. The Bertz CT molecular complexity index is 602. The maximum absolute atomic E-state index is 12.3. The third-order valence-corrected chi connectivity index (χ3v) is 4.06. The quantitative estimate of drug-likeness (QED) is 0.924. The summed E-state index contributed by atoms with van der Waals surface area (Å²) in [6.45, 7) is 0. The summed E-state index contributed by atoms with van der Waals surface area (Å²) in [4.78, 5) is 16.4. The topological polar surface area (TPSA) is 42.0 Å². The Hall–Kier alpha value is -1.68. The number of rotatable bonds is 2. The van der Waals surface area contributed by atoms with E-state index in [1.54, 1.807) is 6.20 Å². The van der Waals surface area contributed by atoms with Gasteiger partial charge in [0.1, 0.15) is 5.82 Å². The van der Waals surface area contributed by atoms with Gasteiger partial charge in [-0.3, -0.25) is 4.79 Å². The van der Waals surface area contributed by atoms with E-state index in [1.807, 2.05) is 24.3 Å². The van der Waals surface area contributed by atoms with Crippen LogP contribution in [0.2, 0.25) is 0 Å². The van der Waals surface area contributed by atoms with Crippen LogP contribution in [0.1, 0.15) is 11.1 Å². The summed E-state index contributed by atoms with van der Waals surface area (Å²) in [5.74, 6) is 0.630. The molecular formula is C15H13BrN2O. The van der Waals surface area contributed by atoms with Crippen molar-refractivity contribution in [1.29, 1.82) is 0 Å². The average Bonchev–Trinajstić information content (AvgIpc) is 2.85. The van der Waals surface area contributed by atoms with Crippen molar-refractivity contribution in [1.82, 2.24) is 4.98 Å². The Kier molecular flexibility index (Phi) is 3.34. The molecule has 19 heavy (non-hydrogen) atoms. The number of carbonyl (C=O) groups is 1. The van der Waals surface area contributed by atoms with Gasteiger partial charge in [-0.2, -0.15) is 0 Å². The molecule has 0 unspecified atom stereocenters. The molecule has 3 nitrogen and oxygen atoms in total. The van der Waals surface area contributed by atoms with E-state index >= 15 is 0 Å². The van der Waals surface area contributed by atoms with Crippen molar-refractivity contribution in [2.24, 2.45) is 5.92 Å². The molecule has 0 spiro atoms. The van der Waals surface area contributed by atoms with E-state index in [2.05, 4.69) is 38.4 Å². The maximum atomic E-state index is 12.3. The summed E-state index contributed by atoms with van der Waals surface area (Å²) in [5.41, 5.74) is 2.56. The van der Waals surface area contributed by atoms with Gasteiger partial charge >= 0.3 is 0 Å². The smallest absolute Gasteiger partial charge is 0.229 e. The van der Waals surface area contributed by atoms with Crippen LogP contribution in [0.3, 0.4) is 0 Å². The number of fused-ring (bicyclic) bond motifs is 1. The van der Waals surface area contributed by atoms with Crippen LogP contribution >= 0.6 is 15.9 Å². The molecule has 0 atom stereocenters. The van der Waals surface area contributed by atoms with Crippen LogP contribution in [0.5, 0.6) is 0 Å². The number of benzene rings is 1. The van der Waals surface area contributed by atoms with Crippen molar-refractivity contribution >= 4 is 27.7 Å². The van der Waals surface area contributed by atoms with Crippen LogP contribution in [-0.4, -0.2) is 10.9 Å². The molecule has 2 aromatic rings. The Labute approximate surface area is 120 Å². The van der Waals surface area contributed by atoms with Gasteiger partial charge < -0.3 is 5.32 Å². The second-order valence-corrected chi connectivity index (χ2v) is 5.55. The van der Waals surface area contributed by atoms with E-state index < -0.39 is 0 Å². The van der Waals surface area contributed by atoms with E-state index in [-0.39, 0.29) is 11.8 Å². The van der Waals surface area contributed by atoms with Gasteiger partial charge in [-0.1, -0.05) is 24.3 Å². The number of pyridine rings is 1. The molecule has 1 heterocycles. The highest BCUT2D eigenvalue weighted by atomic mass is 79.9. The largest absolute Gasteiger partial charge is 0.309 e. The normalized spacial score (nSPS) is 14.2. The predicted molar refractivity (Wildman–Crippen MR) is 77.9 cm³/mol. The molecular weight excluding hydrogens is 304 g/mol. The zero-order valence-corrected chi connectivity index (χ0v) is 11.9. The van der Waals surface area contributed by atoms with E-state index in [4.69, 9.17) is 0 Å². The van der Waals surface area contributed by atoms with Crippen molar-refractivity contribution < 1.29 is 4.79 Å². The SMILES string of the molecule is O=C(Nc1ncccc1Br)C1Cc2ccccc2C1. The van der Waals surface area contributed by atoms with Crippen molar-refractivity contribution in [3.05, 3.63) is 58.2 Å². The van der Waals surface area contributed by atoms with E-state index in [0.717, 1.165) is 17.3 Å². The molecule has 0 radical (unpaired) electrons. The number of hydrogen-bond donors (Lipinski definition) is 1. The van der Waals surface area contributed by atoms with Crippen LogP contribution < -0.4 is 5.32 Å². The van der Waals surface area contributed by atoms with Gasteiger partial charge in [-0.15, -0.1) is 0 Å². The van der Waals surface area contributed by atoms with Crippen LogP contribution in [-0.2, 0) is 17.6 Å². The highest BCUT2D eigenvalue weighted by Crippen LogP contribution is 2.28. The number of anilines is 1. The van der Waals surface area contributed by atoms with E-state index in [9.17, 15) is 4.79 Å². The minimum atomic E-state index is 0.00584. The first-order valence-electron chi connectivity index (χ1n) is 6.22. The number of carbonyl (C=O) groups excluding carboxylic acids is 1. The Morgan fingerprint density at radius 2 is 1.84 bits per heavy atom. The number of halogens is 1. The van der Waals surface area contributed by atoms with E-state index in [0.29, 0.717) is 5.82 Å². The monoisotopic (exact) mass is 316 g/mol. The molecule has 1 N–H and O–H groups in total. The number of nitrogens with zero attached hydrogens (tertiary/aromatic N) is 1. The molecule has 0 bridgehead atoms. The third kappa shape index (κ3) is 2.54. The first kappa shape index (κ1) is 12.4. The minimum absolute atomic E-state index is 0.00584. The van der Waals surface area contributed by atoms with Gasteiger partial charge in [0.25, 0.3) is 0 Å². The molecule has 1 amide bonds. The second-order valence-electron chi connectivity index (χ2n) is 4.70. The molecule has 0 aliphatic heterocycles. The first-order valence-corrected chi connectivity index (χ1v) is 7.01. The number of amides is 1. The Morgan fingerprint density at radius 1 is 1.16 bits per heavy atom. The molecule has 96 valence electrons. The van der Waals surface area contributed by atoms with Crippen LogP contribution in [0.4, 0.5) is 5.82 Å². The van der Waals surface area contributed by atoms with Crippen LogP contribution in [0, 0.1) is 5.92 Å². The Morgan fingerprint density at radius 3 is 2.47 bits per heavy atom. The molecule has 1 aliphatic carbocycles. The van der Waals surface area contributed by atoms with Gasteiger partial charge in [0.2, 0.25) is 5.91 Å². The summed E-state index contributed by atoms with van der Waals surface area (Å²) < 4.78 is 0.805. The lowest BCUT2D eigenvalue weighted by Gasteiger charge is -2.10. The molecule has 1 aromatic heterocycles. The van der Waals surface area contributed by atoms with Crippen LogP contribution in [0.25, 0.3) is 0 Å². The van der Waals surface area contributed by atoms with Gasteiger partial charge in [0, 0.05) is 12.1 Å². The van der Waals surface area contributed by atoms with Crippen LogP contribution in [0.15, 0.2) is 47.1 Å². The summed E-state index contributed by atoms with van der Waals surface area (Å²) in [7, 11) is 0. The summed E-state index contributed by atoms with van der Waals surface area (Å²) in [5, 5.41) is 2.89. The lowest BCUT2D eigenvalue weighted by molar-refractivity contribution is -0.119. The lowest BCUT2D eigenvalue weighted by Crippen LogP contribution is -2.23. The summed E-state index contributed by atoms with van der Waals surface area (Å²) in [6, 6.07) is 11.9. The van der Waals surface area contributed by atoms with Gasteiger partial charge in [0.05, 0.1) is 4.47 Å². The minimum Gasteiger partial charge on any atom is -0.309 e. The van der Waals surface area contributed by atoms with Crippen molar-refractivity contribution in [2.45, 2.75) is 12.8 Å². The van der Waals surface area contributed by atoms with Gasteiger partial charge in [0.15, 0.2) is 0 Å². The summed E-state index contributed by atoms with van der Waals surface area (Å²) >= 11 is 3.38. The highest BCUT2D eigenvalue weighted by Gasteiger charge is 2.27. The zero-order valence-electron chi connectivity index (χ0n) is 10.3. The number of hydrogen-bond acceptors (Lipinski definition) is 2. The predicted octanol–water partition coefficient (Wildman–Crippen LogP) is 3.20. The van der Waals surface area contributed by atoms with Crippen molar-refractivity contribution in [3.8, 4) is 0 Å². The third-order valence-electron chi connectivity index (χ3n) is 3.42.